The van der Waals surface area contributed by atoms with Crippen LogP contribution in [0.3, 0.4) is 0 Å². The Morgan fingerprint density at radius 3 is 1.35 bits per heavy atom. The number of hydrogen-bond acceptors (Lipinski definition) is 21. The summed E-state index contributed by atoms with van der Waals surface area (Å²) in [5.74, 6) is -13.4. The van der Waals surface area contributed by atoms with Crippen LogP contribution in [0.25, 0.3) is 0 Å². The summed E-state index contributed by atoms with van der Waals surface area (Å²) in [6.07, 6.45) is -2.28. The number of carboxylic acids is 1. The first-order chi connectivity index (χ1) is 48.0. The molecule has 0 saturated heterocycles. The molecule has 0 aliphatic carbocycles. The molecule has 0 saturated carbocycles. The Morgan fingerprint density at radius 2 is 0.873 bits per heavy atom. The van der Waals surface area contributed by atoms with E-state index >= 15 is 0 Å². The highest BCUT2D eigenvalue weighted by atomic mass is 16.4. The molecule has 568 valence electrons. The number of benzene rings is 2. The molecule has 30 N–H and O–H groups in total. The molecule has 38 nitrogen and oxygen atoms in total. The van der Waals surface area contributed by atoms with Crippen LogP contribution in [-0.2, 0) is 75.2 Å². The predicted octanol–water partition coefficient (Wildman–Crippen LogP) is -6.61. The first kappa shape index (κ1) is 87.6. The molecule has 0 heterocycles. The minimum absolute atomic E-state index is 0.0168. The van der Waals surface area contributed by atoms with Gasteiger partial charge in [0.2, 0.25) is 65.0 Å². The minimum Gasteiger partial charge on any atom is -0.508 e. The van der Waals surface area contributed by atoms with Gasteiger partial charge in [0.1, 0.15) is 72.4 Å². The number of unbranched alkanes of at least 4 members (excludes halogenated alkanes) is 1. The van der Waals surface area contributed by atoms with Gasteiger partial charge in [-0.1, -0.05) is 52.0 Å². The Kier molecular flexibility index (Phi) is 39.6. The number of aromatic hydroxyl groups is 2. The fourth-order valence-electron chi connectivity index (χ4n) is 9.81. The van der Waals surface area contributed by atoms with Crippen LogP contribution >= 0.6 is 0 Å². The molecule has 0 radical (unpaired) electrons. The van der Waals surface area contributed by atoms with Crippen LogP contribution in [0.5, 0.6) is 11.5 Å². The first-order valence-electron chi connectivity index (χ1n) is 33.3. The van der Waals surface area contributed by atoms with Gasteiger partial charge >= 0.3 is 5.97 Å². The number of rotatable bonds is 48. The first-order valence-corrected chi connectivity index (χ1v) is 33.3. The van der Waals surface area contributed by atoms with Crippen LogP contribution < -0.4 is 104 Å². The van der Waals surface area contributed by atoms with Gasteiger partial charge in [0.05, 0.1) is 18.7 Å². The Bertz CT molecular complexity index is 3170. The van der Waals surface area contributed by atoms with Crippen LogP contribution in [0.2, 0.25) is 0 Å². The molecule has 2 aromatic rings. The second-order valence-electron chi connectivity index (χ2n) is 25.2. The number of aliphatic hydroxyl groups excluding tert-OH is 1. The molecule has 11 atom stereocenters. The molecule has 0 fully saturated rings. The molecule has 0 aliphatic rings. The van der Waals surface area contributed by atoms with Crippen molar-refractivity contribution in [1.82, 2.24) is 64.0 Å². The molecular formula is C64H105N21O17. The fraction of sp³-hybridized carbons (Fsp3) is 0.578. The Labute approximate surface area is 590 Å². The fourth-order valence-corrected chi connectivity index (χ4v) is 9.81. The van der Waals surface area contributed by atoms with Crippen molar-refractivity contribution in [2.75, 3.05) is 32.7 Å². The van der Waals surface area contributed by atoms with Crippen LogP contribution in [0.15, 0.2) is 58.5 Å². The number of carbonyl (C=O) groups is 13. The third-order valence-electron chi connectivity index (χ3n) is 15.2. The SMILES string of the molecule is CC(C)C[C@H](NNC(=O)[C@@H](NC(=O)[C@H](CCCN=C(N)N)NC(=O)CNC(=O)[C@H](CCC(N)=O)NC(=O)[C@H](CCCN=C(N)N)NC(=O)[C@H](CCCCN)NC(=O)[C@H](CC(C)C)NC(=O)[C@H](C)NC(=O)[C@@H](N)Cc1ccc(O)cc1)[C@@H](C)O)C(=O)N[C@@H](Cc1ccc(O)cc1)C(=O)NCC(=O)O. The van der Waals surface area contributed by atoms with Crippen LogP contribution in [0.4, 0.5) is 0 Å². The van der Waals surface area contributed by atoms with Gasteiger partial charge in [-0.2, -0.15) is 0 Å². The summed E-state index contributed by atoms with van der Waals surface area (Å²) in [7, 11) is 0. The van der Waals surface area contributed by atoms with Crippen molar-refractivity contribution >= 4 is 88.8 Å². The molecule has 0 aromatic heterocycles. The molecule has 0 unspecified atom stereocenters. The van der Waals surface area contributed by atoms with Gasteiger partial charge in [-0.05, 0) is 138 Å². The number of hydrazine groups is 1. The number of amides is 12. The van der Waals surface area contributed by atoms with Crippen LogP contribution in [-0.4, -0.2) is 208 Å². The molecule has 2 aromatic carbocycles. The van der Waals surface area contributed by atoms with E-state index in [4.69, 9.17) is 40.1 Å². The second kappa shape index (κ2) is 46.1. The summed E-state index contributed by atoms with van der Waals surface area (Å²) in [5.41, 5.74) is 45.4. The predicted molar refractivity (Wildman–Crippen MR) is 373 cm³/mol. The average Bonchev–Trinajstić information content (AvgIpc) is 0.872. The molecule has 2 rings (SSSR count). The van der Waals surface area contributed by atoms with Crippen molar-refractivity contribution in [2.24, 2.45) is 62.0 Å². The normalized spacial score (nSPS) is 14.3. The van der Waals surface area contributed by atoms with Gasteiger partial charge < -0.3 is 114 Å². The van der Waals surface area contributed by atoms with Gasteiger partial charge in [-0.3, -0.25) is 77.7 Å². The summed E-state index contributed by atoms with van der Waals surface area (Å²) in [6.45, 7) is 7.99. The van der Waals surface area contributed by atoms with E-state index in [1.165, 1.54) is 43.3 Å². The lowest BCUT2D eigenvalue weighted by Gasteiger charge is -2.28. The molecule has 0 aliphatic heterocycles. The van der Waals surface area contributed by atoms with E-state index in [2.05, 4.69) is 74.0 Å². The highest BCUT2D eigenvalue weighted by Crippen LogP contribution is 2.16. The number of primary amides is 1. The maximum absolute atomic E-state index is 14.4. The number of phenols is 2. The zero-order valence-electron chi connectivity index (χ0n) is 58.4. The number of nitrogens with two attached hydrogens (primary N) is 7. The largest absolute Gasteiger partial charge is 0.508 e. The summed E-state index contributed by atoms with van der Waals surface area (Å²) in [5, 5.41) is 64.3. The van der Waals surface area contributed by atoms with Gasteiger partial charge in [0.25, 0.3) is 5.91 Å². The molecule has 102 heavy (non-hydrogen) atoms. The number of carbonyl (C=O) groups excluding carboxylic acids is 12. The summed E-state index contributed by atoms with van der Waals surface area (Å²) >= 11 is 0. The van der Waals surface area contributed by atoms with E-state index in [9.17, 15) is 82.8 Å². The Hall–Kier alpha value is -10.5. The van der Waals surface area contributed by atoms with Gasteiger partial charge in [0, 0.05) is 25.9 Å². The Morgan fingerprint density at radius 1 is 0.451 bits per heavy atom. The van der Waals surface area contributed by atoms with Crippen molar-refractivity contribution in [1.29, 1.82) is 0 Å². The molecular weight excluding hydrogens is 1330 g/mol. The number of carboxylic acid groups (broad SMARTS) is 1. The van der Waals surface area contributed by atoms with Crippen molar-refractivity contribution in [3.63, 3.8) is 0 Å². The number of nitrogens with zero attached hydrogens (tertiary/aromatic N) is 2. The van der Waals surface area contributed by atoms with E-state index in [0.29, 0.717) is 17.5 Å². The third-order valence-corrected chi connectivity index (χ3v) is 15.2. The lowest BCUT2D eigenvalue weighted by molar-refractivity contribution is -0.138. The number of nitrogens with one attached hydrogen (secondary N) is 12. The van der Waals surface area contributed by atoms with E-state index in [1.807, 2.05) is 0 Å². The number of aliphatic carboxylic acids is 1. The molecule has 0 bridgehead atoms. The number of aliphatic hydroxyl groups is 1. The highest BCUT2D eigenvalue weighted by molar-refractivity contribution is 5.98. The summed E-state index contributed by atoms with van der Waals surface area (Å²) in [6, 6.07) is -2.35. The third kappa shape index (κ3) is 35.5. The van der Waals surface area contributed by atoms with Gasteiger partial charge in [-0.25, -0.2) is 5.43 Å². The molecule has 38 heteroatoms. The van der Waals surface area contributed by atoms with E-state index in [-0.39, 0.29) is 119 Å². The van der Waals surface area contributed by atoms with Crippen molar-refractivity contribution in [3.05, 3.63) is 59.7 Å². The number of phenolic OH excluding ortho intramolecular Hbond substituents is 2. The van der Waals surface area contributed by atoms with Gasteiger partial charge in [0.15, 0.2) is 11.9 Å². The maximum Gasteiger partial charge on any atom is 0.322 e. The minimum atomic E-state index is -1.79. The quantitative estimate of drug-likeness (QED) is 0.0127. The lowest BCUT2D eigenvalue weighted by atomic mass is 10.0. The lowest BCUT2D eigenvalue weighted by Crippen LogP contribution is -2.62. The second-order valence-corrected chi connectivity index (χ2v) is 25.2. The number of aliphatic imine (C=N–C) groups is 2. The van der Waals surface area contributed by atoms with Crippen molar-refractivity contribution < 1.29 is 82.8 Å². The van der Waals surface area contributed by atoms with Crippen molar-refractivity contribution in [2.45, 2.75) is 192 Å². The van der Waals surface area contributed by atoms with E-state index < -0.39 is 169 Å². The highest BCUT2D eigenvalue weighted by Gasteiger charge is 2.36. The summed E-state index contributed by atoms with van der Waals surface area (Å²) < 4.78 is 0. The van der Waals surface area contributed by atoms with Crippen LogP contribution in [0.1, 0.15) is 123 Å². The average molecular weight is 1440 g/mol. The van der Waals surface area contributed by atoms with E-state index in [0.717, 1.165) is 6.92 Å². The smallest absolute Gasteiger partial charge is 0.322 e. The monoisotopic (exact) mass is 1440 g/mol. The topological polar surface area (TPSA) is 654 Å². The molecule has 12 amide bonds. The standard InChI is InChI=1S/C64H105N21O17/c1-33(2)27-46(81-53(93)35(5)76-54(94)41(66)29-37-14-18-39(87)19-15-37)60(100)79-43(11-7-8-24-65)57(97)78-44(13-10-26-73-64(70)71)58(98)80-45(22-23-49(67)89)55(95)74-31-50(90)77-42(12-9-25-72-63(68)69)59(99)83-52(36(6)86)62(102)85-84-48(28-34(3)4)61(101)82-47(56(96)75-32-51(91)92)30-38-16-20-40(88)21-17-38/h14-21,33-36,41-48,52,84,86-88H,7-13,22-32,65-66H2,1-6H3,(H2,67,89)(H,74,95)(H,75,96)(H,76,94)(H,77,90)(H,78,97)(H,79,100)(H,80,98)(H,81,93)(H,82,101)(H,83,99)(H,85,102)(H,91,92)(H4,68,69,72)(H4,70,71,73)/t35-,36+,41-,42-,43-,44-,45-,46-,47-,48-,52-/m0/s1. The van der Waals surface area contributed by atoms with Crippen molar-refractivity contribution in [3.8, 4) is 11.5 Å². The zero-order valence-corrected chi connectivity index (χ0v) is 58.4. The zero-order chi connectivity index (χ0) is 76.8. The molecule has 0 spiro atoms. The number of guanidine groups is 2. The van der Waals surface area contributed by atoms with Crippen LogP contribution in [0, 0.1) is 11.8 Å². The van der Waals surface area contributed by atoms with Gasteiger partial charge in [-0.15, -0.1) is 0 Å². The summed E-state index contributed by atoms with van der Waals surface area (Å²) in [4.78, 5) is 183. The Balaban J connectivity index is 2.39. The van der Waals surface area contributed by atoms with E-state index in [1.54, 1.807) is 39.8 Å². The maximum atomic E-state index is 14.4. The number of hydrogen-bond donors (Lipinski definition) is 23.